The molecule has 5 aromatic rings. The number of hydrogen-bond donors (Lipinski definition) is 3. The summed E-state index contributed by atoms with van der Waals surface area (Å²) in [5.41, 5.74) is 4.82. The van der Waals surface area contributed by atoms with Gasteiger partial charge in [-0.2, -0.15) is 4.98 Å². The number of H-pyrrole nitrogens is 1. The summed E-state index contributed by atoms with van der Waals surface area (Å²) in [7, 11) is 0. The van der Waals surface area contributed by atoms with E-state index in [0.29, 0.717) is 29.2 Å². The lowest BCUT2D eigenvalue weighted by atomic mass is 10.2. The summed E-state index contributed by atoms with van der Waals surface area (Å²) in [5.74, 6) is 1.97. The number of hydrogen-bond acceptors (Lipinski definition) is 6. The van der Waals surface area contributed by atoms with E-state index < -0.39 is 0 Å². The summed E-state index contributed by atoms with van der Waals surface area (Å²) >= 11 is 6.02. The van der Waals surface area contributed by atoms with Gasteiger partial charge in [-0.15, -0.1) is 0 Å². The molecule has 9 heteroatoms. The fourth-order valence-corrected chi connectivity index (χ4v) is 3.86. The first-order valence-corrected chi connectivity index (χ1v) is 11.0. The number of benzene rings is 2. The molecular formula is C24H21ClN6O2. The molecule has 1 aliphatic rings. The third-order valence-corrected chi connectivity index (χ3v) is 5.73. The molecule has 1 fully saturated rings. The molecule has 6 rings (SSSR count). The van der Waals surface area contributed by atoms with Gasteiger partial charge in [0.05, 0.1) is 36.5 Å². The predicted molar refractivity (Wildman–Crippen MR) is 128 cm³/mol. The zero-order chi connectivity index (χ0) is 22.2. The Labute approximate surface area is 194 Å². The normalized spacial score (nSPS) is 13.8. The Hall–Kier alpha value is -3.75. The van der Waals surface area contributed by atoms with E-state index in [4.69, 9.17) is 21.1 Å². The molecule has 2 aromatic carbocycles. The number of anilines is 2. The van der Waals surface area contributed by atoms with Crippen molar-refractivity contribution in [3.63, 3.8) is 0 Å². The molecule has 1 saturated heterocycles. The van der Waals surface area contributed by atoms with Crippen LogP contribution in [0.3, 0.4) is 0 Å². The van der Waals surface area contributed by atoms with Crippen molar-refractivity contribution in [3.8, 4) is 11.6 Å². The van der Waals surface area contributed by atoms with Crippen LogP contribution in [-0.4, -0.2) is 38.6 Å². The minimum Gasteiger partial charge on any atom is -0.437 e. The van der Waals surface area contributed by atoms with E-state index in [1.807, 2.05) is 59.3 Å². The zero-order valence-electron chi connectivity index (χ0n) is 17.6. The topological polar surface area (TPSA) is 88.5 Å². The monoisotopic (exact) mass is 460 g/mol. The SMILES string of the molecule is Clc1ccn2cc(Oc3ccc(CNc4nc5ccc(NC6COC6)cc5[nH]4)cc3)nc2c1. The van der Waals surface area contributed by atoms with Crippen molar-refractivity contribution in [2.75, 3.05) is 23.8 Å². The molecule has 4 heterocycles. The molecule has 3 aromatic heterocycles. The third-order valence-electron chi connectivity index (χ3n) is 5.50. The van der Waals surface area contributed by atoms with E-state index in [9.17, 15) is 0 Å². The van der Waals surface area contributed by atoms with Crippen LogP contribution in [0.15, 0.2) is 67.0 Å². The fourth-order valence-electron chi connectivity index (χ4n) is 3.70. The van der Waals surface area contributed by atoms with Gasteiger partial charge in [0.2, 0.25) is 11.8 Å². The number of aromatic amines is 1. The van der Waals surface area contributed by atoms with Crippen molar-refractivity contribution in [1.29, 1.82) is 0 Å². The Morgan fingerprint density at radius 3 is 2.79 bits per heavy atom. The molecule has 0 bridgehead atoms. The van der Waals surface area contributed by atoms with Crippen LogP contribution in [0.4, 0.5) is 11.6 Å². The van der Waals surface area contributed by atoms with E-state index in [2.05, 4.69) is 31.7 Å². The Balaban J connectivity index is 1.09. The van der Waals surface area contributed by atoms with Crippen LogP contribution in [0, 0.1) is 0 Å². The van der Waals surface area contributed by atoms with Crippen molar-refractivity contribution in [2.45, 2.75) is 12.6 Å². The summed E-state index contributed by atoms with van der Waals surface area (Å²) in [6.45, 7) is 2.15. The maximum absolute atomic E-state index is 6.02. The largest absolute Gasteiger partial charge is 0.437 e. The molecule has 0 radical (unpaired) electrons. The van der Waals surface area contributed by atoms with Gasteiger partial charge in [0.15, 0.2) is 0 Å². The zero-order valence-corrected chi connectivity index (χ0v) is 18.3. The molecule has 0 unspecified atom stereocenters. The number of fused-ring (bicyclic) bond motifs is 2. The van der Waals surface area contributed by atoms with E-state index >= 15 is 0 Å². The maximum Gasteiger partial charge on any atom is 0.238 e. The quantitative estimate of drug-likeness (QED) is 0.314. The first-order valence-electron chi connectivity index (χ1n) is 10.7. The standard InChI is InChI=1S/C24H21ClN6O2/c25-16-7-8-31-12-23(30-22(31)9-16)33-19-4-1-15(2-5-19)11-26-24-28-20-6-3-17(10-21(20)29-24)27-18-13-32-14-18/h1-10,12,18,27H,11,13-14H2,(H2,26,28,29). The lowest BCUT2D eigenvalue weighted by Gasteiger charge is -2.27. The Bertz CT molecular complexity index is 1420. The lowest BCUT2D eigenvalue weighted by Crippen LogP contribution is -2.40. The highest BCUT2D eigenvalue weighted by atomic mass is 35.5. The average Bonchev–Trinajstić information content (AvgIpc) is 3.38. The molecule has 0 spiro atoms. The molecule has 8 nitrogen and oxygen atoms in total. The van der Waals surface area contributed by atoms with Crippen LogP contribution in [0.25, 0.3) is 16.7 Å². The Morgan fingerprint density at radius 2 is 1.97 bits per heavy atom. The van der Waals surface area contributed by atoms with E-state index in [1.54, 1.807) is 6.07 Å². The van der Waals surface area contributed by atoms with Gasteiger partial charge in [-0.3, -0.25) is 0 Å². The highest BCUT2D eigenvalue weighted by molar-refractivity contribution is 6.30. The first kappa shape index (κ1) is 19.9. The van der Waals surface area contributed by atoms with E-state index in [-0.39, 0.29) is 0 Å². The summed E-state index contributed by atoms with van der Waals surface area (Å²) in [4.78, 5) is 12.4. The van der Waals surface area contributed by atoms with Gasteiger partial charge in [0.25, 0.3) is 0 Å². The van der Waals surface area contributed by atoms with Crippen LogP contribution in [0.1, 0.15) is 5.56 Å². The second-order valence-electron chi connectivity index (χ2n) is 7.99. The van der Waals surface area contributed by atoms with Crippen LogP contribution in [0.2, 0.25) is 5.02 Å². The summed E-state index contributed by atoms with van der Waals surface area (Å²) < 4.78 is 13.0. The van der Waals surface area contributed by atoms with Crippen molar-refractivity contribution in [1.82, 2.24) is 19.4 Å². The molecule has 1 aliphatic heterocycles. The molecule has 33 heavy (non-hydrogen) atoms. The summed E-state index contributed by atoms with van der Waals surface area (Å²) in [6.07, 6.45) is 3.68. The van der Waals surface area contributed by atoms with Gasteiger partial charge in [-0.05, 0) is 42.0 Å². The molecule has 0 saturated carbocycles. The third kappa shape index (κ3) is 4.30. The fraction of sp³-hybridized carbons (Fsp3) is 0.167. The van der Waals surface area contributed by atoms with E-state index in [1.165, 1.54) is 0 Å². The molecular weight excluding hydrogens is 440 g/mol. The molecule has 0 aliphatic carbocycles. The van der Waals surface area contributed by atoms with Crippen LogP contribution in [0.5, 0.6) is 11.6 Å². The van der Waals surface area contributed by atoms with Gasteiger partial charge in [-0.1, -0.05) is 23.7 Å². The Morgan fingerprint density at radius 1 is 1.09 bits per heavy atom. The number of ether oxygens (including phenoxy) is 2. The van der Waals surface area contributed by atoms with Crippen molar-refractivity contribution in [3.05, 3.63) is 77.6 Å². The number of rotatable bonds is 7. The van der Waals surface area contributed by atoms with Crippen LogP contribution < -0.4 is 15.4 Å². The predicted octanol–water partition coefficient (Wildman–Crippen LogP) is 5.08. The minimum absolute atomic E-state index is 0.390. The van der Waals surface area contributed by atoms with Gasteiger partial charge < -0.3 is 29.5 Å². The lowest BCUT2D eigenvalue weighted by molar-refractivity contribution is 0.0211. The number of aromatic nitrogens is 4. The van der Waals surface area contributed by atoms with Crippen molar-refractivity contribution in [2.24, 2.45) is 0 Å². The van der Waals surface area contributed by atoms with Gasteiger partial charge in [0, 0.05) is 29.5 Å². The number of halogens is 1. The highest BCUT2D eigenvalue weighted by Gasteiger charge is 2.17. The average molecular weight is 461 g/mol. The van der Waals surface area contributed by atoms with Gasteiger partial charge >= 0.3 is 0 Å². The second-order valence-corrected chi connectivity index (χ2v) is 8.42. The minimum atomic E-state index is 0.390. The van der Waals surface area contributed by atoms with Gasteiger partial charge in [-0.25, -0.2) is 4.98 Å². The second kappa shape index (κ2) is 8.31. The number of imidazole rings is 2. The highest BCUT2D eigenvalue weighted by Crippen LogP contribution is 2.24. The van der Waals surface area contributed by atoms with Crippen LogP contribution in [-0.2, 0) is 11.3 Å². The smallest absolute Gasteiger partial charge is 0.238 e. The molecule has 3 N–H and O–H groups in total. The van der Waals surface area contributed by atoms with Crippen molar-refractivity contribution < 1.29 is 9.47 Å². The molecule has 166 valence electrons. The number of pyridine rings is 1. The first-order chi connectivity index (χ1) is 16.2. The number of nitrogens with zero attached hydrogens (tertiary/aromatic N) is 3. The molecule has 0 atom stereocenters. The van der Waals surface area contributed by atoms with Gasteiger partial charge in [0.1, 0.15) is 11.4 Å². The van der Waals surface area contributed by atoms with Crippen LogP contribution >= 0.6 is 11.6 Å². The van der Waals surface area contributed by atoms with Crippen molar-refractivity contribution >= 4 is 39.9 Å². The molecule has 0 amide bonds. The van der Waals surface area contributed by atoms with E-state index in [0.717, 1.165) is 47.1 Å². The summed E-state index contributed by atoms with van der Waals surface area (Å²) in [5, 5.41) is 7.44. The number of nitrogens with one attached hydrogen (secondary N) is 3. The Kier molecular flexibility index (Phi) is 5.01. The maximum atomic E-state index is 6.02. The summed E-state index contributed by atoms with van der Waals surface area (Å²) in [6, 6.07) is 18.0.